The van der Waals surface area contributed by atoms with E-state index in [1.165, 1.54) is 0 Å². The van der Waals surface area contributed by atoms with Gasteiger partial charge in [-0.15, -0.1) is 0 Å². The molecular formula is C23H19ClN2O2. The zero-order chi connectivity index (χ0) is 20.4. The largest absolute Gasteiger partial charge is 0.478 e. The number of benzene rings is 2. The molecule has 0 saturated heterocycles. The van der Waals surface area contributed by atoms with E-state index >= 15 is 0 Å². The van der Waals surface area contributed by atoms with Gasteiger partial charge >= 0.3 is 5.97 Å². The van der Waals surface area contributed by atoms with E-state index in [2.05, 4.69) is 10.6 Å². The van der Waals surface area contributed by atoms with Gasteiger partial charge in [-0.05, 0) is 79.9 Å². The van der Waals surface area contributed by atoms with E-state index in [4.69, 9.17) is 11.6 Å². The number of carbonyl (C=O) groups is 1. The zero-order valence-corrected chi connectivity index (χ0v) is 16.6. The number of carboxylic acid groups (broad SMARTS) is 1. The van der Waals surface area contributed by atoms with E-state index in [0.29, 0.717) is 10.6 Å². The second kappa shape index (κ2) is 7.75. The Morgan fingerprint density at radius 3 is 2.46 bits per heavy atom. The van der Waals surface area contributed by atoms with Gasteiger partial charge < -0.3 is 9.67 Å². The Morgan fingerprint density at radius 2 is 1.86 bits per heavy atom. The van der Waals surface area contributed by atoms with Gasteiger partial charge in [-0.2, -0.15) is 5.26 Å². The molecular weight excluding hydrogens is 372 g/mol. The SMILES string of the molecule is Cc1cc(C(=O)O)ccc1-n1c(C)cc(/C=C(/C#N)c2cccc(Cl)c2)c1C. The number of nitriles is 1. The molecule has 0 aliphatic rings. The average Bonchev–Trinajstić information content (AvgIpc) is 2.93. The molecule has 0 fully saturated rings. The number of rotatable bonds is 4. The minimum absolute atomic E-state index is 0.261. The van der Waals surface area contributed by atoms with Crippen LogP contribution in [0.3, 0.4) is 0 Å². The van der Waals surface area contributed by atoms with Gasteiger partial charge in [0.2, 0.25) is 0 Å². The Morgan fingerprint density at radius 1 is 1.11 bits per heavy atom. The predicted molar refractivity (Wildman–Crippen MR) is 112 cm³/mol. The van der Waals surface area contributed by atoms with Crippen LogP contribution >= 0.6 is 11.6 Å². The summed E-state index contributed by atoms with van der Waals surface area (Å²) in [5.41, 5.74) is 6.24. The number of allylic oxidation sites excluding steroid dienone is 1. The first-order valence-corrected chi connectivity index (χ1v) is 9.10. The van der Waals surface area contributed by atoms with Crippen molar-refractivity contribution in [1.29, 1.82) is 5.26 Å². The molecule has 0 saturated carbocycles. The molecule has 0 spiro atoms. The summed E-state index contributed by atoms with van der Waals surface area (Å²) in [7, 11) is 0. The van der Waals surface area contributed by atoms with Crippen molar-refractivity contribution in [2.24, 2.45) is 0 Å². The molecule has 140 valence electrons. The first kappa shape index (κ1) is 19.5. The minimum Gasteiger partial charge on any atom is -0.478 e. The molecule has 0 bridgehead atoms. The molecule has 1 aromatic heterocycles. The molecule has 28 heavy (non-hydrogen) atoms. The molecule has 5 heteroatoms. The second-order valence-corrected chi connectivity index (χ2v) is 7.08. The highest BCUT2D eigenvalue weighted by Gasteiger charge is 2.14. The van der Waals surface area contributed by atoms with Crippen LogP contribution in [-0.4, -0.2) is 15.6 Å². The molecule has 0 radical (unpaired) electrons. The van der Waals surface area contributed by atoms with Crippen molar-refractivity contribution in [3.05, 3.63) is 87.2 Å². The number of hydrogen-bond donors (Lipinski definition) is 1. The molecule has 0 unspecified atom stereocenters. The average molecular weight is 391 g/mol. The van der Waals surface area contributed by atoms with Crippen LogP contribution in [0.15, 0.2) is 48.5 Å². The Labute approximate surface area is 168 Å². The van der Waals surface area contributed by atoms with Gasteiger partial charge in [-0.3, -0.25) is 0 Å². The lowest BCUT2D eigenvalue weighted by Gasteiger charge is -2.13. The van der Waals surface area contributed by atoms with Crippen molar-refractivity contribution in [2.75, 3.05) is 0 Å². The highest BCUT2D eigenvalue weighted by molar-refractivity contribution is 6.30. The molecule has 3 aromatic rings. The van der Waals surface area contributed by atoms with E-state index in [1.807, 2.05) is 51.1 Å². The van der Waals surface area contributed by atoms with Crippen LogP contribution in [0.1, 0.15) is 38.4 Å². The fraction of sp³-hybridized carbons (Fsp3) is 0.130. The van der Waals surface area contributed by atoms with E-state index < -0.39 is 5.97 Å². The number of nitrogens with zero attached hydrogens (tertiary/aromatic N) is 2. The van der Waals surface area contributed by atoms with Crippen LogP contribution < -0.4 is 0 Å². The fourth-order valence-corrected chi connectivity index (χ4v) is 3.53. The lowest BCUT2D eigenvalue weighted by molar-refractivity contribution is 0.0697. The third-order valence-corrected chi connectivity index (χ3v) is 4.95. The van der Waals surface area contributed by atoms with Crippen molar-refractivity contribution in [3.63, 3.8) is 0 Å². The van der Waals surface area contributed by atoms with Crippen molar-refractivity contribution in [2.45, 2.75) is 20.8 Å². The number of aryl methyl sites for hydroxylation is 2. The normalized spacial score (nSPS) is 11.3. The summed E-state index contributed by atoms with van der Waals surface area (Å²) >= 11 is 6.06. The summed E-state index contributed by atoms with van der Waals surface area (Å²) in [6.07, 6.45) is 1.85. The monoisotopic (exact) mass is 390 g/mol. The van der Waals surface area contributed by atoms with E-state index in [1.54, 1.807) is 24.3 Å². The Hall–Kier alpha value is -3.29. The maximum atomic E-state index is 11.2. The van der Waals surface area contributed by atoms with Gasteiger partial charge in [0.25, 0.3) is 0 Å². The number of aromatic carboxylic acids is 1. The van der Waals surface area contributed by atoms with Crippen molar-refractivity contribution < 1.29 is 9.90 Å². The summed E-state index contributed by atoms with van der Waals surface area (Å²) in [4.78, 5) is 11.2. The molecule has 4 nitrogen and oxygen atoms in total. The quantitative estimate of drug-likeness (QED) is 0.571. The van der Waals surface area contributed by atoms with Gasteiger partial charge in [-0.1, -0.05) is 23.7 Å². The lowest BCUT2D eigenvalue weighted by atomic mass is 10.0. The summed E-state index contributed by atoms with van der Waals surface area (Å²) in [5.74, 6) is -0.945. The highest BCUT2D eigenvalue weighted by atomic mass is 35.5. The number of halogens is 1. The summed E-state index contributed by atoms with van der Waals surface area (Å²) in [5, 5.41) is 19.4. The Kier molecular flexibility index (Phi) is 5.39. The lowest BCUT2D eigenvalue weighted by Crippen LogP contribution is -2.04. The topological polar surface area (TPSA) is 66.0 Å². The highest BCUT2D eigenvalue weighted by Crippen LogP contribution is 2.28. The standard InChI is InChI=1S/C23H19ClN2O2/c1-14-9-18(23(27)28)7-8-22(14)26-15(2)10-19(16(26)3)11-20(13-25)17-5-4-6-21(24)12-17/h4-12H,1-3H3,(H,27,28)/b20-11-. The van der Waals surface area contributed by atoms with Crippen LogP contribution in [0.2, 0.25) is 5.02 Å². The van der Waals surface area contributed by atoms with Gasteiger partial charge in [-0.25, -0.2) is 4.79 Å². The maximum absolute atomic E-state index is 11.2. The summed E-state index contributed by atoms with van der Waals surface area (Å²) < 4.78 is 2.07. The van der Waals surface area contributed by atoms with Crippen LogP contribution in [-0.2, 0) is 0 Å². The number of carboxylic acids is 1. The zero-order valence-electron chi connectivity index (χ0n) is 15.8. The predicted octanol–water partition coefficient (Wildman–Crippen LogP) is 5.82. The van der Waals surface area contributed by atoms with E-state index in [9.17, 15) is 15.2 Å². The molecule has 1 N–H and O–H groups in total. The molecule has 0 aliphatic heterocycles. The van der Waals surface area contributed by atoms with Crippen molar-refractivity contribution >= 4 is 29.2 Å². The molecule has 2 aromatic carbocycles. The van der Waals surface area contributed by atoms with E-state index in [-0.39, 0.29) is 5.56 Å². The van der Waals surface area contributed by atoms with Gasteiger partial charge in [0.05, 0.1) is 17.2 Å². The molecule has 0 atom stereocenters. The minimum atomic E-state index is -0.945. The fourth-order valence-electron chi connectivity index (χ4n) is 3.34. The third kappa shape index (κ3) is 3.71. The first-order chi connectivity index (χ1) is 13.3. The molecule has 1 heterocycles. The number of aromatic nitrogens is 1. The Balaban J connectivity index is 2.10. The van der Waals surface area contributed by atoms with Crippen molar-refractivity contribution in [1.82, 2.24) is 4.57 Å². The molecule has 0 amide bonds. The van der Waals surface area contributed by atoms with E-state index in [0.717, 1.165) is 33.8 Å². The maximum Gasteiger partial charge on any atom is 0.335 e. The molecule has 3 rings (SSSR count). The number of hydrogen-bond acceptors (Lipinski definition) is 2. The Bertz CT molecular complexity index is 1150. The second-order valence-electron chi connectivity index (χ2n) is 6.65. The summed E-state index contributed by atoms with van der Waals surface area (Å²) in [6, 6.07) is 16.6. The van der Waals surface area contributed by atoms with Crippen molar-refractivity contribution in [3.8, 4) is 11.8 Å². The van der Waals surface area contributed by atoms with Crippen LogP contribution in [0, 0.1) is 32.1 Å². The summed E-state index contributed by atoms with van der Waals surface area (Å²) in [6.45, 7) is 5.86. The first-order valence-electron chi connectivity index (χ1n) is 8.73. The van der Waals surface area contributed by atoms with Gasteiger partial charge in [0.1, 0.15) is 0 Å². The van der Waals surface area contributed by atoms with Crippen LogP contribution in [0.4, 0.5) is 0 Å². The smallest absolute Gasteiger partial charge is 0.335 e. The van der Waals surface area contributed by atoms with Crippen LogP contribution in [0.5, 0.6) is 0 Å². The van der Waals surface area contributed by atoms with Gasteiger partial charge in [0, 0.05) is 22.1 Å². The van der Waals surface area contributed by atoms with Gasteiger partial charge in [0.15, 0.2) is 0 Å². The van der Waals surface area contributed by atoms with Crippen LogP contribution in [0.25, 0.3) is 17.3 Å². The third-order valence-electron chi connectivity index (χ3n) is 4.71. The molecule has 0 aliphatic carbocycles.